The molecule has 1 aliphatic heterocycles. The van der Waals surface area contributed by atoms with Crippen molar-refractivity contribution in [3.63, 3.8) is 0 Å². The number of unbranched alkanes of at least 4 members (excludes halogenated alkanes) is 1. The fourth-order valence-electron chi connectivity index (χ4n) is 4.30. The average molecular weight is 368 g/mol. The Labute approximate surface area is 163 Å². The highest BCUT2D eigenvalue weighted by Gasteiger charge is 2.39. The molecule has 1 saturated heterocycles. The van der Waals surface area contributed by atoms with Gasteiger partial charge in [-0.25, -0.2) is 0 Å². The molecular formula is C24H33NO2. The molecule has 0 aliphatic carbocycles. The third kappa shape index (κ3) is 4.78. The van der Waals surface area contributed by atoms with Gasteiger partial charge in [-0.1, -0.05) is 54.1 Å². The summed E-state index contributed by atoms with van der Waals surface area (Å²) in [6.45, 7) is 4.78. The van der Waals surface area contributed by atoms with Crippen LogP contribution in [0.1, 0.15) is 43.2 Å². The van der Waals surface area contributed by atoms with E-state index in [1.54, 1.807) is 7.11 Å². The molecule has 0 amide bonds. The van der Waals surface area contributed by atoms with E-state index in [4.69, 9.17) is 4.74 Å². The molecule has 0 spiro atoms. The van der Waals surface area contributed by atoms with Crippen LogP contribution >= 0.6 is 0 Å². The summed E-state index contributed by atoms with van der Waals surface area (Å²) in [5.74, 6) is 0.236. The highest BCUT2D eigenvalue weighted by atomic mass is 16.5. The SMILES string of the molecule is COCCCC[C@@](O)(c1ccccc1-c1ccc(C)cc1)C1CCCNC1. The molecule has 0 aromatic heterocycles. The van der Waals surface area contributed by atoms with Crippen LogP contribution in [0.15, 0.2) is 48.5 Å². The van der Waals surface area contributed by atoms with E-state index < -0.39 is 5.60 Å². The van der Waals surface area contributed by atoms with E-state index in [0.717, 1.165) is 62.9 Å². The van der Waals surface area contributed by atoms with Gasteiger partial charge in [-0.15, -0.1) is 0 Å². The van der Waals surface area contributed by atoms with Gasteiger partial charge in [-0.05, 0) is 62.3 Å². The quantitative estimate of drug-likeness (QED) is 0.667. The van der Waals surface area contributed by atoms with Crippen molar-refractivity contribution < 1.29 is 9.84 Å². The van der Waals surface area contributed by atoms with Crippen LogP contribution in [0.4, 0.5) is 0 Å². The smallest absolute Gasteiger partial charge is 0.0942 e. The Bertz CT molecular complexity index is 707. The minimum Gasteiger partial charge on any atom is -0.385 e. The molecule has 2 aromatic rings. The highest BCUT2D eigenvalue weighted by molar-refractivity contribution is 5.69. The number of rotatable bonds is 8. The van der Waals surface area contributed by atoms with Crippen molar-refractivity contribution in [1.29, 1.82) is 0 Å². The minimum absolute atomic E-state index is 0.236. The maximum Gasteiger partial charge on any atom is 0.0942 e. The summed E-state index contributed by atoms with van der Waals surface area (Å²) < 4.78 is 5.22. The zero-order valence-corrected chi connectivity index (χ0v) is 16.7. The van der Waals surface area contributed by atoms with Crippen molar-refractivity contribution in [2.75, 3.05) is 26.8 Å². The minimum atomic E-state index is -0.817. The van der Waals surface area contributed by atoms with Gasteiger partial charge in [-0.3, -0.25) is 0 Å². The summed E-state index contributed by atoms with van der Waals surface area (Å²) in [5.41, 5.74) is 3.83. The number of nitrogens with one attached hydrogen (secondary N) is 1. The molecule has 27 heavy (non-hydrogen) atoms. The summed E-state index contributed by atoms with van der Waals surface area (Å²) in [6.07, 6.45) is 4.90. The third-order valence-corrected chi connectivity index (χ3v) is 5.88. The molecule has 146 valence electrons. The molecule has 3 nitrogen and oxygen atoms in total. The highest BCUT2D eigenvalue weighted by Crippen LogP contribution is 2.42. The number of hydrogen-bond acceptors (Lipinski definition) is 3. The molecule has 0 bridgehead atoms. The first-order valence-corrected chi connectivity index (χ1v) is 10.2. The lowest BCUT2D eigenvalue weighted by atomic mass is 9.72. The number of ether oxygens (including phenoxy) is 1. The first-order chi connectivity index (χ1) is 13.1. The van der Waals surface area contributed by atoms with E-state index in [0.29, 0.717) is 0 Å². The van der Waals surface area contributed by atoms with Crippen LogP contribution < -0.4 is 5.32 Å². The predicted octanol–water partition coefficient (Wildman–Crippen LogP) is 4.67. The Balaban J connectivity index is 1.97. The maximum atomic E-state index is 12.0. The van der Waals surface area contributed by atoms with Crippen LogP contribution in [0.3, 0.4) is 0 Å². The molecule has 2 aromatic carbocycles. The second-order valence-electron chi connectivity index (χ2n) is 7.83. The number of methoxy groups -OCH3 is 1. The fourth-order valence-corrected chi connectivity index (χ4v) is 4.30. The third-order valence-electron chi connectivity index (χ3n) is 5.88. The first-order valence-electron chi connectivity index (χ1n) is 10.2. The molecule has 1 heterocycles. The summed E-state index contributed by atoms with van der Waals surface area (Å²) in [7, 11) is 1.74. The zero-order chi connectivity index (χ0) is 19.1. The Kier molecular flexibility index (Phi) is 7.06. The van der Waals surface area contributed by atoms with Gasteiger partial charge in [0.2, 0.25) is 0 Å². The lowest BCUT2D eigenvalue weighted by Crippen LogP contribution is -2.44. The standard InChI is InChI=1S/C24H33NO2/c1-19-11-13-20(14-12-19)22-9-3-4-10-23(22)24(26,15-5-6-17-27-2)21-8-7-16-25-18-21/h3-4,9-14,21,25-26H,5-8,15-18H2,1-2H3/t21?,24-/m0/s1. The van der Waals surface area contributed by atoms with Crippen molar-refractivity contribution in [2.24, 2.45) is 5.92 Å². The lowest BCUT2D eigenvalue weighted by Gasteiger charge is -2.40. The number of hydrogen-bond donors (Lipinski definition) is 2. The molecule has 0 saturated carbocycles. The van der Waals surface area contributed by atoms with Crippen molar-refractivity contribution >= 4 is 0 Å². The van der Waals surface area contributed by atoms with Crippen LogP contribution in [0.5, 0.6) is 0 Å². The summed E-state index contributed by atoms with van der Waals surface area (Å²) in [5, 5.41) is 15.5. The molecule has 2 atom stereocenters. The first kappa shape index (κ1) is 20.1. The van der Waals surface area contributed by atoms with Gasteiger partial charge in [0.15, 0.2) is 0 Å². The predicted molar refractivity (Wildman–Crippen MR) is 112 cm³/mol. The molecular weight excluding hydrogens is 334 g/mol. The number of aliphatic hydroxyl groups is 1. The lowest BCUT2D eigenvalue weighted by molar-refractivity contribution is -0.0429. The van der Waals surface area contributed by atoms with Crippen LogP contribution in [-0.4, -0.2) is 31.9 Å². The molecule has 1 aliphatic rings. The van der Waals surface area contributed by atoms with Crippen molar-refractivity contribution in [1.82, 2.24) is 5.32 Å². The van der Waals surface area contributed by atoms with E-state index in [-0.39, 0.29) is 5.92 Å². The van der Waals surface area contributed by atoms with Gasteiger partial charge in [0.1, 0.15) is 0 Å². The molecule has 1 unspecified atom stereocenters. The normalized spacial score (nSPS) is 19.6. The van der Waals surface area contributed by atoms with Crippen molar-refractivity contribution in [3.05, 3.63) is 59.7 Å². The van der Waals surface area contributed by atoms with E-state index >= 15 is 0 Å². The van der Waals surface area contributed by atoms with Gasteiger partial charge in [0, 0.05) is 26.2 Å². The van der Waals surface area contributed by atoms with Crippen molar-refractivity contribution in [3.8, 4) is 11.1 Å². The maximum absolute atomic E-state index is 12.0. The summed E-state index contributed by atoms with van der Waals surface area (Å²) in [6, 6.07) is 17.0. The molecule has 2 N–H and O–H groups in total. The van der Waals surface area contributed by atoms with E-state index in [2.05, 4.69) is 60.8 Å². The monoisotopic (exact) mass is 367 g/mol. The Morgan fingerprint density at radius 2 is 1.89 bits per heavy atom. The molecule has 3 rings (SSSR count). The van der Waals surface area contributed by atoms with Crippen LogP contribution in [0, 0.1) is 12.8 Å². The van der Waals surface area contributed by atoms with E-state index in [1.807, 2.05) is 0 Å². The van der Waals surface area contributed by atoms with Crippen LogP contribution in [0.2, 0.25) is 0 Å². The van der Waals surface area contributed by atoms with Crippen LogP contribution in [-0.2, 0) is 10.3 Å². The Morgan fingerprint density at radius 1 is 1.11 bits per heavy atom. The number of aryl methyl sites for hydroxylation is 1. The summed E-state index contributed by atoms with van der Waals surface area (Å²) in [4.78, 5) is 0. The van der Waals surface area contributed by atoms with Gasteiger partial charge < -0.3 is 15.2 Å². The zero-order valence-electron chi connectivity index (χ0n) is 16.7. The van der Waals surface area contributed by atoms with E-state index in [1.165, 1.54) is 11.1 Å². The molecule has 3 heteroatoms. The Morgan fingerprint density at radius 3 is 2.59 bits per heavy atom. The van der Waals surface area contributed by atoms with Gasteiger partial charge in [0.05, 0.1) is 5.60 Å². The second kappa shape index (κ2) is 9.50. The fraction of sp³-hybridized carbons (Fsp3) is 0.500. The molecule has 0 radical (unpaired) electrons. The number of benzene rings is 2. The van der Waals surface area contributed by atoms with Gasteiger partial charge in [0.25, 0.3) is 0 Å². The summed E-state index contributed by atoms with van der Waals surface area (Å²) >= 11 is 0. The van der Waals surface area contributed by atoms with E-state index in [9.17, 15) is 5.11 Å². The van der Waals surface area contributed by atoms with Gasteiger partial charge >= 0.3 is 0 Å². The average Bonchev–Trinajstić information content (AvgIpc) is 2.72. The molecule has 1 fully saturated rings. The van der Waals surface area contributed by atoms with Crippen molar-refractivity contribution in [2.45, 2.75) is 44.6 Å². The second-order valence-corrected chi connectivity index (χ2v) is 7.83. The largest absolute Gasteiger partial charge is 0.385 e. The number of piperidine rings is 1. The topological polar surface area (TPSA) is 41.5 Å². The van der Waals surface area contributed by atoms with Crippen LogP contribution in [0.25, 0.3) is 11.1 Å². The van der Waals surface area contributed by atoms with Gasteiger partial charge in [-0.2, -0.15) is 0 Å². The Hall–Kier alpha value is -1.68.